The van der Waals surface area contributed by atoms with E-state index in [0.717, 1.165) is 58.9 Å². The lowest BCUT2D eigenvalue weighted by Gasteiger charge is -2.41. The molecule has 1 spiro atoms. The van der Waals surface area contributed by atoms with Crippen LogP contribution in [0.2, 0.25) is 0 Å². The number of benzene rings is 3. The average molecular weight is 483 g/mol. The van der Waals surface area contributed by atoms with Gasteiger partial charge in [-0.15, -0.1) is 0 Å². The van der Waals surface area contributed by atoms with Crippen LogP contribution >= 0.6 is 0 Å². The van der Waals surface area contributed by atoms with Gasteiger partial charge in [0.25, 0.3) is 0 Å². The van der Waals surface area contributed by atoms with Crippen molar-refractivity contribution in [1.29, 1.82) is 5.26 Å². The van der Waals surface area contributed by atoms with E-state index < -0.39 is 5.60 Å². The van der Waals surface area contributed by atoms with Crippen molar-refractivity contribution in [1.82, 2.24) is 5.06 Å². The highest BCUT2D eigenvalue weighted by Gasteiger charge is 2.42. The number of nitriles is 1. The maximum absolute atomic E-state index is 9.92. The minimum absolute atomic E-state index is 0.0543. The van der Waals surface area contributed by atoms with Crippen molar-refractivity contribution in [2.75, 3.05) is 14.2 Å². The van der Waals surface area contributed by atoms with Gasteiger partial charge in [-0.1, -0.05) is 24.3 Å². The SMILES string of the molecule is COc1ccc2c(c1)CCC[C@@]1(C2)C[C@@H](N=C(N)N(C)O)c2cc(-c3cccc(C#N)c3)ccc2O1. The molecule has 184 valence electrons. The van der Waals surface area contributed by atoms with Gasteiger partial charge in [0.05, 0.1) is 24.8 Å². The van der Waals surface area contributed by atoms with Crippen LogP contribution in [0.5, 0.6) is 11.5 Å². The van der Waals surface area contributed by atoms with Crippen LogP contribution in [0.1, 0.15) is 47.6 Å². The van der Waals surface area contributed by atoms with Crippen LogP contribution in [0.15, 0.2) is 65.7 Å². The highest BCUT2D eigenvalue weighted by molar-refractivity contribution is 5.77. The summed E-state index contributed by atoms with van der Waals surface area (Å²) in [5, 5.41) is 20.1. The quantitative estimate of drug-likeness (QED) is 0.309. The zero-order chi connectivity index (χ0) is 25.3. The van der Waals surface area contributed by atoms with Crippen LogP contribution in [0.3, 0.4) is 0 Å². The van der Waals surface area contributed by atoms with E-state index in [4.69, 9.17) is 20.2 Å². The first kappa shape index (κ1) is 23.7. The highest BCUT2D eigenvalue weighted by atomic mass is 16.5. The normalized spacial score (nSPS) is 20.9. The van der Waals surface area contributed by atoms with E-state index in [1.807, 2.05) is 36.4 Å². The Labute approximate surface area is 211 Å². The Balaban J connectivity index is 1.56. The van der Waals surface area contributed by atoms with Crippen molar-refractivity contribution in [3.63, 3.8) is 0 Å². The first-order valence-electron chi connectivity index (χ1n) is 12.1. The molecule has 3 aromatic rings. The Kier molecular flexibility index (Phi) is 6.29. The lowest BCUT2D eigenvalue weighted by molar-refractivity contribution is 0.00852. The molecule has 7 heteroatoms. The van der Waals surface area contributed by atoms with E-state index in [-0.39, 0.29) is 12.0 Å². The largest absolute Gasteiger partial charge is 0.497 e. The molecule has 0 bridgehead atoms. The number of guanidine groups is 1. The molecule has 0 amide bonds. The van der Waals surface area contributed by atoms with Crippen LogP contribution in [0, 0.1) is 11.3 Å². The summed E-state index contributed by atoms with van der Waals surface area (Å²) in [6.07, 6.45) is 4.24. The number of hydroxylamine groups is 2. The van der Waals surface area contributed by atoms with Gasteiger partial charge < -0.3 is 15.2 Å². The molecule has 3 N–H and O–H groups in total. The van der Waals surface area contributed by atoms with Crippen molar-refractivity contribution in [2.45, 2.75) is 43.7 Å². The molecule has 7 nitrogen and oxygen atoms in total. The van der Waals surface area contributed by atoms with Gasteiger partial charge in [-0.05, 0) is 77.9 Å². The van der Waals surface area contributed by atoms with Crippen LogP contribution in [0.4, 0.5) is 0 Å². The molecule has 1 aliphatic heterocycles. The van der Waals surface area contributed by atoms with Gasteiger partial charge >= 0.3 is 0 Å². The molecule has 3 aromatic carbocycles. The van der Waals surface area contributed by atoms with E-state index in [1.165, 1.54) is 18.2 Å². The molecule has 0 aromatic heterocycles. The Bertz CT molecular complexity index is 1360. The zero-order valence-corrected chi connectivity index (χ0v) is 20.6. The third kappa shape index (κ3) is 4.60. The van der Waals surface area contributed by atoms with Crippen LogP contribution < -0.4 is 15.2 Å². The van der Waals surface area contributed by atoms with Crippen LogP contribution in [-0.4, -0.2) is 36.0 Å². The number of ether oxygens (including phenoxy) is 2. The summed E-state index contributed by atoms with van der Waals surface area (Å²) in [6.45, 7) is 0. The highest BCUT2D eigenvalue weighted by Crippen LogP contribution is 2.47. The smallest absolute Gasteiger partial charge is 0.215 e. The summed E-state index contributed by atoms with van der Waals surface area (Å²) in [6, 6.07) is 21.8. The predicted octanol–water partition coefficient (Wildman–Crippen LogP) is 5.01. The monoisotopic (exact) mass is 482 g/mol. The molecular weight excluding hydrogens is 452 g/mol. The van der Waals surface area contributed by atoms with E-state index in [0.29, 0.717) is 12.0 Å². The number of nitrogens with two attached hydrogens (primary N) is 1. The molecule has 2 atom stereocenters. The summed E-state index contributed by atoms with van der Waals surface area (Å²) >= 11 is 0. The van der Waals surface area contributed by atoms with E-state index in [9.17, 15) is 10.5 Å². The third-order valence-corrected chi connectivity index (χ3v) is 7.21. The summed E-state index contributed by atoms with van der Waals surface area (Å²) < 4.78 is 12.2. The topological polar surface area (TPSA) is 104 Å². The molecule has 36 heavy (non-hydrogen) atoms. The molecule has 2 aliphatic rings. The van der Waals surface area contributed by atoms with Gasteiger partial charge in [-0.3, -0.25) is 5.21 Å². The number of nitrogens with zero attached hydrogens (tertiary/aromatic N) is 3. The van der Waals surface area contributed by atoms with Crippen LogP contribution in [-0.2, 0) is 12.8 Å². The Hall–Kier alpha value is -4.02. The number of hydrogen-bond donors (Lipinski definition) is 2. The summed E-state index contributed by atoms with van der Waals surface area (Å²) in [5.41, 5.74) is 11.7. The number of rotatable bonds is 3. The maximum atomic E-state index is 9.92. The second-order valence-electron chi connectivity index (χ2n) is 9.63. The van der Waals surface area contributed by atoms with E-state index >= 15 is 0 Å². The first-order chi connectivity index (χ1) is 17.4. The molecule has 1 aliphatic carbocycles. The predicted molar refractivity (Wildman–Crippen MR) is 138 cm³/mol. The zero-order valence-electron chi connectivity index (χ0n) is 20.6. The van der Waals surface area contributed by atoms with Gasteiger partial charge in [-0.25, -0.2) is 10.1 Å². The Morgan fingerprint density at radius 3 is 2.78 bits per heavy atom. The van der Waals surface area contributed by atoms with Gasteiger partial charge in [0.15, 0.2) is 0 Å². The lowest BCUT2D eigenvalue weighted by Crippen LogP contribution is -2.43. The van der Waals surface area contributed by atoms with Gasteiger partial charge in [-0.2, -0.15) is 5.26 Å². The second kappa shape index (κ2) is 9.56. The third-order valence-electron chi connectivity index (χ3n) is 7.21. The second-order valence-corrected chi connectivity index (χ2v) is 9.63. The number of hydrogen-bond acceptors (Lipinski definition) is 5. The maximum Gasteiger partial charge on any atom is 0.215 e. The number of fused-ring (bicyclic) bond motifs is 2. The summed E-state index contributed by atoms with van der Waals surface area (Å²) in [5.74, 6) is 1.70. The fourth-order valence-corrected chi connectivity index (χ4v) is 5.38. The van der Waals surface area contributed by atoms with Gasteiger partial charge in [0.1, 0.15) is 17.1 Å². The minimum Gasteiger partial charge on any atom is -0.497 e. The average Bonchev–Trinajstić information content (AvgIpc) is 3.06. The van der Waals surface area contributed by atoms with Crippen molar-refractivity contribution in [3.05, 3.63) is 82.9 Å². The van der Waals surface area contributed by atoms with Crippen molar-refractivity contribution in [2.24, 2.45) is 10.7 Å². The molecule has 0 saturated carbocycles. The van der Waals surface area contributed by atoms with E-state index in [1.54, 1.807) is 13.2 Å². The van der Waals surface area contributed by atoms with E-state index in [2.05, 4.69) is 24.3 Å². The molecular formula is C29H30N4O3. The number of methoxy groups -OCH3 is 1. The molecule has 1 heterocycles. The first-order valence-corrected chi connectivity index (χ1v) is 12.1. The molecule has 0 radical (unpaired) electrons. The fourth-order valence-electron chi connectivity index (χ4n) is 5.38. The molecule has 0 saturated heterocycles. The lowest BCUT2D eigenvalue weighted by atomic mass is 9.80. The Morgan fingerprint density at radius 2 is 2.00 bits per heavy atom. The summed E-state index contributed by atoms with van der Waals surface area (Å²) in [4.78, 5) is 4.73. The van der Waals surface area contributed by atoms with Gasteiger partial charge in [0.2, 0.25) is 5.96 Å². The van der Waals surface area contributed by atoms with Crippen molar-refractivity contribution < 1.29 is 14.7 Å². The molecule has 5 rings (SSSR count). The summed E-state index contributed by atoms with van der Waals surface area (Å²) in [7, 11) is 3.16. The molecule has 0 unspecified atom stereocenters. The fraction of sp³-hybridized carbons (Fsp3) is 0.310. The number of aliphatic imine (C=N–C) groups is 1. The Morgan fingerprint density at radius 1 is 1.17 bits per heavy atom. The minimum atomic E-state index is -0.433. The van der Waals surface area contributed by atoms with Crippen molar-refractivity contribution >= 4 is 5.96 Å². The van der Waals surface area contributed by atoms with Gasteiger partial charge in [0, 0.05) is 25.5 Å². The van der Waals surface area contributed by atoms with Crippen molar-refractivity contribution in [3.8, 4) is 28.7 Å². The van der Waals surface area contributed by atoms with Crippen LogP contribution in [0.25, 0.3) is 11.1 Å². The molecule has 0 fully saturated rings. The standard InChI is InChI=1S/C29H30N4O3/c1-33(34)28(31)32-26-17-29(12-4-7-21-14-24(35-2)10-8-23(21)16-29)36-27-11-9-22(15-25(26)27)20-6-3-5-19(13-20)18-30/h3,5-6,8-11,13-15,26,34H,4,7,12,16-17H2,1-2H3,(H2,31,32)/t26-,29-/m1/s1. The number of aryl methyl sites for hydroxylation is 1.